The van der Waals surface area contributed by atoms with Gasteiger partial charge in [-0.2, -0.15) is 0 Å². The normalized spacial score (nSPS) is 18.3. The molecule has 1 aliphatic heterocycles. The lowest BCUT2D eigenvalue weighted by Gasteiger charge is -2.31. The zero-order chi connectivity index (χ0) is 18.1. The minimum atomic E-state index is 0.345. The molecule has 0 amide bonds. The smallest absolute Gasteiger partial charge is 0.151 e. The molecule has 4 rings (SSSR count). The molecule has 0 radical (unpaired) electrons. The van der Waals surface area contributed by atoms with E-state index in [4.69, 9.17) is 0 Å². The first-order chi connectivity index (χ1) is 12.7. The maximum Gasteiger partial charge on any atom is 0.151 e. The number of hydrogen-bond acceptors (Lipinski definition) is 4. The van der Waals surface area contributed by atoms with Gasteiger partial charge in [0.15, 0.2) is 6.29 Å². The number of hydrogen-bond donors (Lipinski definition) is 0. The first-order valence-corrected chi connectivity index (χ1v) is 9.23. The fraction of sp³-hybridized carbons (Fsp3) is 0.381. The van der Waals surface area contributed by atoms with Gasteiger partial charge in [0.2, 0.25) is 0 Å². The Kier molecular flexibility index (Phi) is 4.45. The van der Waals surface area contributed by atoms with Crippen molar-refractivity contribution in [3.05, 3.63) is 65.4 Å². The summed E-state index contributed by atoms with van der Waals surface area (Å²) < 4.78 is 1.97. The molecule has 134 valence electrons. The summed E-state index contributed by atoms with van der Waals surface area (Å²) >= 11 is 0. The van der Waals surface area contributed by atoms with Gasteiger partial charge < -0.3 is 9.47 Å². The van der Waals surface area contributed by atoms with Crippen molar-refractivity contribution in [1.29, 1.82) is 0 Å². The number of aldehydes is 1. The van der Waals surface area contributed by atoms with Crippen LogP contribution in [0, 0.1) is 5.92 Å². The van der Waals surface area contributed by atoms with Crippen LogP contribution < -0.4 is 4.90 Å². The molecule has 26 heavy (non-hydrogen) atoms. The lowest BCUT2D eigenvalue weighted by molar-refractivity contribution is -0.104. The van der Waals surface area contributed by atoms with Crippen molar-refractivity contribution in [3.8, 4) is 0 Å². The molecule has 1 aromatic heterocycles. The monoisotopic (exact) mass is 348 g/mol. The maximum atomic E-state index is 11.5. The van der Waals surface area contributed by atoms with Gasteiger partial charge in [-0.15, -0.1) is 10.2 Å². The molecule has 1 aromatic carbocycles. The second-order valence-corrected chi connectivity index (χ2v) is 7.30. The summed E-state index contributed by atoms with van der Waals surface area (Å²) in [5.74, 6) is 1.86. The molecule has 5 heteroatoms. The number of anilines is 1. The quantitative estimate of drug-likeness (QED) is 0.751. The predicted molar refractivity (Wildman–Crippen MR) is 102 cm³/mol. The highest BCUT2D eigenvalue weighted by molar-refractivity contribution is 5.82. The van der Waals surface area contributed by atoms with E-state index in [0.29, 0.717) is 11.8 Å². The van der Waals surface area contributed by atoms with Crippen molar-refractivity contribution in [3.63, 3.8) is 0 Å². The zero-order valence-electron chi connectivity index (χ0n) is 15.3. The molecule has 0 saturated heterocycles. The minimum absolute atomic E-state index is 0.345. The first kappa shape index (κ1) is 16.8. The van der Waals surface area contributed by atoms with Gasteiger partial charge in [-0.3, -0.25) is 4.79 Å². The summed E-state index contributed by atoms with van der Waals surface area (Å²) in [6, 6.07) is 8.68. The lowest BCUT2D eigenvalue weighted by Crippen LogP contribution is -2.28. The molecule has 1 aliphatic carbocycles. The molecular formula is C21H24N4O. The molecule has 0 N–H and O–H groups in total. The van der Waals surface area contributed by atoms with Gasteiger partial charge in [-0.05, 0) is 42.4 Å². The standard InChI is InChI=1S/C21H24N4O/c1-15(11-20-23-22-14-24(20)2)17-5-3-7-19(12-17)25-10-4-6-18(13-26)21(25)16-8-9-16/h3-7,12-16H,8-11H2,1-2H3/t15-/m1/s1. The van der Waals surface area contributed by atoms with Gasteiger partial charge in [0.05, 0.1) is 0 Å². The molecule has 5 nitrogen and oxygen atoms in total. The number of benzene rings is 1. The van der Waals surface area contributed by atoms with Gasteiger partial charge in [-0.1, -0.05) is 31.2 Å². The summed E-state index contributed by atoms with van der Waals surface area (Å²) in [5.41, 5.74) is 4.47. The largest absolute Gasteiger partial charge is 0.340 e. The Hall–Kier alpha value is -2.69. The van der Waals surface area contributed by atoms with Crippen molar-refractivity contribution in [2.75, 3.05) is 11.4 Å². The average Bonchev–Trinajstić information content (AvgIpc) is 3.44. The van der Waals surface area contributed by atoms with Crippen LogP contribution in [0.5, 0.6) is 0 Å². The average molecular weight is 348 g/mol. The van der Waals surface area contributed by atoms with Crippen molar-refractivity contribution >= 4 is 12.0 Å². The van der Waals surface area contributed by atoms with E-state index in [1.165, 1.54) is 24.1 Å². The van der Waals surface area contributed by atoms with Crippen LogP contribution in [-0.4, -0.2) is 27.6 Å². The lowest BCUT2D eigenvalue weighted by atomic mass is 9.96. The molecule has 0 spiro atoms. The number of carbonyl (C=O) groups is 1. The number of allylic oxidation sites excluding steroid dienone is 3. The molecular weight excluding hydrogens is 324 g/mol. The first-order valence-electron chi connectivity index (χ1n) is 9.23. The topological polar surface area (TPSA) is 51.0 Å². The van der Waals surface area contributed by atoms with E-state index in [9.17, 15) is 4.79 Å². The number of rotatable bonds is 6. The molecule has 1 atom stereocenters. The van der Waals surface area contributed by atoms with Crippen LogP contribution in [-0.2, 0) is 18.3 Å². The second-order valence-electron chi connectivity index (χ2n) is 7.30. The highest BCUT2D eigenvalue weighted by Crippen LogP contribution is 2.42. The third kappa shape index (κ3) is 3.21. The Morgan fingerprint density at radius 3 is 2.88 bits per heavy atom. The van der Waals surface area contributed by atoms with E-state index in [1.807, 2.05) is 17.7 Å². The van der Waals surface area contributed by atoms with Crippen molar-refractivity contribution < 1.29 is 4.79 Å². The predicted octanol–water partition coefficient (Wildman–Crippen LogP) is 3.40. The molecule has 0 bridgehead atoms. The van der Waals surface area contributed by atoms with Crippen LogP contribution >= 0.6 is 0 Å². The third-order valence-corrected chi connectivity index (χ3v) is 5.31. The Bertz CT molecular complexity index is 876. The van der Waals surface area contributed by atoms with E-state index >= 15 is 0 Å². The SMILES string of the molecule is C[C@H](Cc1nncn1C)c1cccc(N2CC=CC(C=O)=C2C2CC2)c1. The van der Waals surface area contributed by atoms with E-state index in [1.54, 1.807) is 6.33 Å². The third-order valence-electron chi connectivity index (χ3n) is 5.31. The van der Waals surface area contributed by atoms with Crippen LogP contribution in [0.15, 0.2) is 54.0 Å². The fourth-order valence-electron chi connectivity index (χ4n) is 3.66. The maximum absolute atomic E-state index is 11.5. The van der Waals surface area contributed by atoms with Gasteiger partial charge in [-0.25, -0.2) is 0 Å². The zero-order valence-corrected chi connectivity index (χ0v) is 15.3. The fourth-order valence-corrected chi connectivity index (χ4v) is 3.66. The van der Waals surface area contributed by atoms with E-state index in [-0.39, 0.29) is 0 Å². The number of nitrogens with zero attached hydrogens (tertiary/aromatic N) is 4. The molecule has 0 unspecified atom stereocenters. The second kappa shape index (κ2) is 6.90. The number of aromatic nitrogens is 3. The number of aryl methyl sites for hydroxylation is 1. The Labute approximate surface area is 154 Å². The van der Waals surface area contributed by atoms with Crippen LogP contribution in [0.2, 0.25) is 0 Å². The Balaban J connectivity index is 1.61. The summed E-state index contributed by atoms with van der Waals surface area (Å²) in [5, 5.41) is 8.18. The number of carbonyl (C=O) groups excluding carboxylic acids is 1. The van der Waals surface area contributed by atoms with Gasteiger partial charge in [0.25, 0.3) is 0 Å². The highest BCUT2D eigenvalue weighted by atomic mass is 16.1. The Morgan fingerprint density at radius 2 is 2.19 bits per heavy atom. The van der Waals surface area contributed by atoms with Gasteiger partial charge in [0.1, 0.15) is 12.2 Å². The van der Waals surface area contributed by atoms with Crippen LogP contribution in [0.4, 0.5) is 5.69 Å². The van der Waals surface area contributed by atoms with Crippen LogP contribution in [0.3, 0.4) is 0 Å². The molecule has 2 heterocycles. The molecule has 1 fully saturated rings. The van der Waals surface area contributed by atoms with E-state index < -0.39 is 0 Å². The minimum Gasteiger partial charge on any atom is -0.340 e. The van der Waals surface area contributed by atoms with Gasteiger partial charge >= 0.3 is 0 Å². The summed E-state index contributed by atoms with van der Waals surface area (Å²) in [4.78, 5) is 13.8. The van der Waals surface area contributed by atoms with Crippen LogP contribution in [0.25, 0.3) is 0 Å². The summed E-state index contributed by atoms with van der Waals surface area (Å²) in [6.45, 7) is 3.04. The summed E-state index contributed by atoms with van der Waals surface area (Å²) in [7, 11) is 1.98. The van der Waals surface area contributed by atoms with Crippen LogP contribution in [0.1, 0.15) is 37.1 Å². The summed E-state index contributed by atoms with van der Waals surface area (Å²) in [6.07, 6.45) is 10.00. The highest BCUT2D eigenvalue weighted by Gasteiger charge is 2.33. The van der Waals surface area contributed by atoms with E-state index in [0.717, 1.165) is 36.3 Å². The molecule has 2 aromatic rings. The van der Waals surface area contributed by atoms with Crippen molar-refractivity contribution in [2.45, 2.75) is 32.1 Å². The van der Waals surface area contributed by atoms with Gasteiger partial charge in [0, 0.05) is 37.0 Å². The van der Waals surface area contributed by atoms with Crippen molar-refractivity contribution in [2.24, 2.45) is 13.0 Å². The Morgan fingerprint density at radius 1 is 1.35 bits per heavy atom. The molecule has 1 saturated carbocycles. The molecule has 2 aliphatic rings. The van der Waals surface area contributed by atoms with E-state index in [2.05, 4.69) is 52.4 Å². The van der Waals surface area contributed by atoms with Crippen molar-refractivity contribution in [1.82, 2.24) is 14.8 Å².